The van der Waals surface area contributed by atoms with Crippen molar-refractivity contribution in [1.29, 1.82) is 0 Å². The van der Waals surface area contributed by atoms with Crippen LogP contribution < -0.4 is 5.32 Å². The lowest BCUT2D eigenvalue weighted by atomic mass is 9.96. The third-order valence-corrected chi connectivity index (χ3v) is 8.41. The number of hydrogen-bond donors (Lipinski definition) is 1. The fraction of sp³-hybridized carbons (Fsp3) is 0.516. The number of nitrogens with zero attached hydrogens (tertiary/aromatic N) is 3. The van der Waals surface area contributed by atoms with Crippen LogP contribution in [0.4, 0.5) is 5.69 Å². The molecule has 2 aromatic rings. The molecule has 2 unspecified atom stereocenters. The van der Waals surface area contributed by atoms with Crippen molar-refractivity contribution in [2.75, 3.05) is 44.6 Å². The number of amides is 3. The summed E-state index contributed by atoms with van der Waals surface area (Å²) in [5.74, 6) is 0.520. The highest BCUT2D eigenvalue weighted by molar-refractivity contribution is 6.21. The predicted octanol–water partition coefficient (Wildman–Crippen LogP) is 4.66. The summed E-state index contributed by atoms with van der Waals surface area (Å²) in [6.45, 7) is 6.05. The summed E-state index contributed by atoms with van der Waals surface area (Å²) in [5.41, 5.74) is 1.94. The molecule has 2 atom stereocenters. The number of imide groups is 1. The number of likely N-dealkylation sites (tertiary alicyclic amines) is 2. The van der Waals surface area contributed by atoms with Gasteiger partial charge in [0.2, 0.25) is 5.91 Å². The van der Waals surface area contributed by atoms with Crippen LogP contribution >= 0.6 is 0 Å². The van der Waals surface area contributed by atoms with Crippen LogP contribution in [0.25, 0.3) is 0 Å². The molecule has 0 saturated carbocycles. The molecule has 2 saturated heterocycles. The molecule has 1 N–H and O–H groups in total. The maximum Gasteiger partial charge on any atom is 0.261 e. The zero-order valence-electron chi connectivity index (χ0n) is 22.3. The molecular formula is C31H40N4O3. The van der Waals surface area contributed by atoms with Gasteiger partial charge in [-0.1, -0.05) is 36.8 Å². The van der Waals surface area contributed by atoms with E-state index in [-0.39, 0.29) is 17.7 Å². The van der Waals surface area contributed by atoms with Gasteiger partial charge in [0.1, 0.15) is 0 Å². The van der Waals surface area contributed by atoms with Gasteiger partial charge in [-0.15, -0.1) is 0 Å². The number of unbranched alkanes of at least 4 members (excludes halogenated alkanes) is 2. The average Bonchev–Trinajstić information content (AvgIpc) is 3.65. The third kappa shape index (κ3) is 6.33. The molecule has 202 valence electrons. The molecule has 5 rings (SSSR count). The number of benzene rings is 2. The van der Waals surface area contributed by atoms with E-state index in [1.54, 1.807) is 12.1 Å². The zero-order chi connectivity index (χ0) is 26.3. The van der Waals surface area contributed by atoms with Gasteiger partial charge in [-0.05, 0) is 94.9 Å². The highest BCUT2D eigenvalue weighted by Gasteiger charge is 2.36. The van der Waals surface area contributed by atoms with Crippen molar-refractivity contribution in [3.05, 3.63) is 65.7 Å². The van der Waals surface area contributed by atoms with Crippen LogP contribution in [0.15, 0.2) is 54.6 Å². The maximum absolute atomic E-state index is 12.5. The molecule has 0 bridgehead atoms. The lowest BCUT2D eigenvalue weighted by Gasteiger charge is -2.29. The number of carbonyl (C=O) groups is 3. The molecule has 3 amide bonds. The van der Waals surface area contributed by atoms with Crippen molar-refractivity contribution in [3.63, 3.8) is 0 Å². The molecular weight excluding hydrogens is 476 g/mol. The van der Waals surface area contributed by atoms with Gasteiger partial charge in [0.15, 0.2) is 0 Å². The first-order valence-corrected chi connectivity index (χ1v) is 14.4. The number of nitrogens with one attached hydrogen (secondary N) is 1. The number of rotatable bonds is 12. The Hall–Kier alpha value is -3.03. The fourth-order valence-corrected chi connectivity index (χ4v) is 6.46. The fourth-order valence-electron chi connectivity index (χ4n) is 6.46. The molecule has 2 fully saturated rings. The Balaban J connectivity index is 0.975. The summed E-state index contributed by atoms with van der Waals surface area (Å²) < 4.78 is 0. The lowest BCUT2D eigenvalue weighted by Crippen LogP contribution is -2.38. The van der Waals surface area contributed by atoms with Gasteiger partial charge in [-0.2, -0.15) is 0 Å². The number of para-hydroxylation sites is 1. The lowest BCUT2D eigenvalue weighted by molar-refractivity contribution is -0.116. The van der Waals surface area contributed by atoms with E-state index in [1.165, 1.54) is 30.7 Å². The number of hydrogen-bond acceptors (Lipinski definition) is 5. The molecule has 7 nitrogen and oxygen atoms in total. The van der Waals surface area contributed by atoms with Gasteiger partial charge in [0, 0.05) is 31.2 Å². The minimum Gasteiger partial charge on any atom is -0.326 e. The van der Waals surface area contributed by atoms with E-state index < -0.39 is 0 Å². The second-order valence-electron chi connectivity index (χ2n) is 11.0. The minimum atomic E-state index is -0.146. The van der Waals surface area contributed by atoms with Gasteiger partial charge >= 0.3 is 0 Å². The second-order valence-corrected chi connectivity index (χ2v) is 11.0. The molecule has 0 aromatic heterocycles. The van der Waals surface area contributed by atoms with Crippen molar-refractivity contribution in [2.45, 2.75) is 57.4 Å². The number of carbonyl (C=O) groups excluding carboxylic acids is 3. The van der Waals surface area contributed by atoms with E-state index in [2.05, 4.69) is 15.1 Å². The normalized spacial score (nSPS) is 21.8. The van der Waals surface area contributed by atoms with Crippen LogP contribution in [-0.2, 0) is 4.79 Å². The highest BCUT2D eigenvalue weighted by atomic mass is 16.2. The van der Waals surface area contributed by atoms with Crippen LogP contribution in [0.3, 0.4) is 0 Å². The summed E-state index contributed by atoms with van der Waals surface area (Å²) in [4.78, 5) is 44.0. The largest absolute Gasteiger partial charge is 0.326 e. The first-order valence-electron chi connectivity index (χ1n) is 14.4. The molecule has 3 heterocycles. The average molecular weight is 517 g/mol. The summed E-state index contributed by atoms with van der Waals surface area (Å²) in [5, 5.41) is 2.98. The van der Waals surface area contributed by atoms with Crippen molar-refractivity contribution in [3.8, 4) is 0 Å². The van der Waals surface area contributed by atoms with Crippen molar-refractivity contribution in [1.82, 2.24) is 14.7 Å². The number of anilines is 1. The van der Waals surface area contributed by atoms with Crippen LogP contribution in [0.2, 0.25) is 0 Å². The summed E-state index contributed by atoms with van der Waals surface area (Å²) in [6.07, 6.45) is 8.25. The van der Waals surface area contributed by atoms with Gasteiger partial charge < -0.3 is 15.1 Å². The van der Waals surface area contributed by atoms with E-state index in [4.69, 9.17) is 0 Å². The molecule has 0 aliphatic carbocycles. The molecule has 38 heavy (non-hydrogen) atoms. The SMILES string of the molecule is O=C(CCCN1CCC(C2CCCN2CCCCCN2C(=O)c3ccccc3C2=O)C1)Nc1ccccc1. The maximum atomic E-state index is 12.5. The van der Waals surface area contributed by atoms with Gasteiger partial charge in [0.05, 0.1) is 11.1 Å². The highest BCUT2D eigenvalue weighted by Crippen LogP contribution is 2.31. The predicted molar refractivity (Wildman–Crippen MR) is 149 cm³/mol. The Morgan fingerprint density at radius 3 is 2.26 bits per heavy atom. The first-order chi connectivity index (χ1) is 18.6. The van der Waals surface area contributed by atoms with E-state index in [1.807, 2.05) is 42.5 Å². The molecule has 0 radical (unpaired) electrons. The van der Waals surface area contributed by atoms with Crippen LogP contribution in [0, 0.1) is 5.92 Å². The summed E-state index contributed by atoms with van der Waals surface area (Å²) >= 11 is 0. The van der Waals surface area contributed by atoms with Crippen molar-refractivity contribution < 1.29 is 14.4 Å². The van der Waals surface area contributed by atoms with Crippen molar-refractivity contribution >= 4 is 23.4 Å². The van der Waals surface area contributed by atoms with Gasteiger partial charge in [0.25, 0.3) is 11.8 Å². The second kappa shape index (κ2) is 12.7. The topological polar surface area (TPSA) is 73.0 Å². The molecule has 2 aromatic carbocycles. The Labute approximate surface area is 226 Å². The molecule has 7 heteroatoms. The van der Waals surface area contributed by atoms with Gasteiger partial charge in [-0.25, -0.2) is 0 Å². The molecule has 3 aliphatic rings. The van der Waals surface area contributed by atoms with Crippen LogP contribution in [0.5, 0.6) is 0 Å². The Morgan fingerprint density at radius 1 is 0.789 bits per heavy atom. The van der Waals surface area contributed by atoms with E-state index in [0.29, 0.717) is 36.1 Å². The molecule has 3 aliphatic heterocycles. The Bertz CT molecular complexity index is 1090. The summed E-state index contributed by atoms with van der Waals surface area (Å²) in [6, 6.07) is 17.4. The van der Waals surface area contributed by atoms with E-state index >= 15 is 0 Å². The third-order valence-electron chi connectivity index (χ3n) is 8.41. The Morgan fingerprint density at radius 2 is 1.50 bits per heavy atom. The smallest absolute Gasteiger partial charge is 0.261 e. The van der Waals surface area contributed by atoms with Crippen LogP contribution in [0.1, 0.15) is 72.1 Å². The van der Waals surface area contributed by atoms with Crippen molar-refractivity contribution in [2.24, 2.45) is 5.92 Å². The minimum absolute atomic E-state index is 0.0944. The zero-order valence-corrected chi connectivity index (χ0v) is 22.3. The quantitative estimate of drug-likeness (QED) is 0.328. The standard InChI is InChI=1S/C31H40N4O3/c36-29(32-25-11-3-1-4-12-25)16-10-18-33-22-17-24(23-33)28-15-9-20-34(28)19-7-2-8-21-35-30(37)26-13-5-6-14-27(26)31(35)38/h1,3-6,11-14,24,28H,2,7-10,15-23H2,(H,32,36). The number of fused-ring (bicyclic) bond motifs is 1. The first kappa shape index (κ1) is 26.6. The van der Waals surface area contributed by atoms with E-state index in [9.17, 15) is 14.4 Å². The monoisotopic (exact) mass is 516 g/mol. The summed E-state index contributed by atoms with van der Waals surface area (Å²) in [7, 11) is 0. The van der Waals surface area contributed by atoms with Gasteiger partial charge in [-0.3, -0.25) is 19.3 Å². The van der Waals surface area contributed by atoms with E-state index in [0.717, 1.165) is 57.5 Å². The van der Waals surface area contributed by atoms with Crippen LogP contribution in [-0.4, -0.2) is 77.7 Å². The molecule has 0 spiro atoms. The Kier molecular flexibility index (Phi) is 8.86.